The maximum absolute atomic E-state index is 13.6. The molecule has 4 aromatic heterocycles. The van der Waals surface area contributed by atoms with E-state index < -0.39 is 0 Å². The van der Waals surface area contributed by atoms with E-state index in [-0.39, 0.29) is 28.7 Å². The molecule has 0 unspecified atom stereocenters. The minimum absolute atomic E-state index is 0.00860. The summed E-state index contributed by atoms with van der Waals surface area (Å²) in [4.78, 5) is 41.0. The molecule has 240 valence electrons. The van der Waals surface area contributed by atoms with Crippen molar-refractivity contribution in [2.45, 2.75) is 75.3 Å². The summed E-state index contributed by atoms with van der Waals surface area (Å²) >= 11 is 6.05. The van der Waals surface area contributed by atoms with Gasteiger partial charge in [0.25, 0.3) is 11.8 Å². The number of halogens is 2. The van der Waals surface area contributed by atoms with E-state index in [9.17, 15) is 14.0 Å². The quantitative estimate of drug-likeness (QED) is 0.155. The number of aromatic amines is 2. The van der Waals surface area contributed by atoms with Crippen molar-refractivity contribution in [1.82, 2.24) is 30.6 Å². The SMILES string of the molecule is O=C1NC2(CC2)Cc2[nH]c3c(c21)CCc1cnc(-c2cccc(F)c2)cc1-3.O=C1NC2(CC2)Cc2[nH]c3c(c21)CCc1cnc(Cl)cc1-3. The topological polar surface area (TPSA) is 116 Å². The third-order valence-corrected chi connectivity index (χ3v) is 11.4. The lowest BCUT2D eigenvalue weighted by Crippen LogP contribution is -2.43. The van der Waals surface area contributed by atoms with Gasteiger partial charge < -0.3 is 20.6 Å². The minimum Gasteiger partial charge on any atom is -0.357 e. The summed E-state index contributed by atoms with van der Waals surface area (Å²) in [5.74, 6) is -0.113. The second-order valence-electron chi connectivity index (χ2n) is 14.4. The van der Waals surface area contributed by atoms with Crippen LogP contribution in [0.5, 0.6) is 0 Å². The number of aromatic nitrogens is 4. The van der Waals surface area contributed by atoms with Gasteiger partial charge in [0.2, 0.25) is 0 Å². The van der Waals surface area contributed by atoms with E-state index in [0.717, 1.165) is 132 Å². The van der Waals surface area contributed by atoms with E-state index in [2.05, 4.69) is 30.6 Å². The van der Waals surface area contributed by atoms with E-state index in [1.54, 1.807) is 6.07 Å². The first-order valence-electron chi connectivity index (χ1n) is 16.8. The number of aryl methyl sites for hydroxylation is 2. The molecular formula is C38H32ClFN6O2. The van der Waals surface area contributed by atoms with E-state index >= 15 is 0 Å². The summed E-state index contributed by atoms with van der Waals surface area (Å²) in [7, 11) is 0. The van der Waals surface area contributed by atoms with Crippen LogP contribution in [-0.4, -0.2) is 42.8 Å². The lowest BCUT2D eigenvalue weighted by atomic mass is 9.87. The predicted molar refractivity (Wildman–Crippen MR) is 180 cm³/mol. The van der Waals surface area contributed by atoms with Crippen molar-refractivity contribution in [1.29, 1.82) is 0 Å². The van der Waals surface area contributed by atoms with Crippen LogP contribution in [-0.2, 0) is 38.5 Å². The summed E-state index contributed by atoms with van der Waals surface area (Å²) in [5, 5.41) is 6.91. The van der Waals surface area contributed by atoms with Gasteiger partial charge in [0.15, 0.2) is 0 Å². The van der Waals surface area contributed by atoms with Crippen molar-refractivity contribution >= 4 is 23.4 Å². The Morgan fingerprint density at radius 3 is 1.83 bits per heavy atom. The van der Waals surface area contributed by atoms with E-state index in [4.69, 9.17) is 11.6 Å². The van der Waals surface area contributed by atoms with Gasteiger partial charge in [-0.3, -0.25) is 14.6 Å². The van der Waals surface area contributed by atoms with Crippen LogP contribution in [0.3, 0.4) is 0 Å². The molecule has 0 saturated heterocycles. The highest BCUT2D eigenvalue weighted by Gasteiger charge is 2.50. The molecule has 0 bridgehead atoms. The summed E-state index contributed by atoms with van der Waals surface area (Å²) < 4.78 is 13.6. The molecule has 2 saturated carbocycles. The summed E-state index contributed by atoms with van der Waals surface area (Å²) in [6.45, 7) is 0. The predicted octanol–water partition coefficient (Wildman–Crippen LogP) is 6.45. The molecular weight excluding hydrogens is 627 g/mol. The normalized spacial score (nSPS) is 19.4. The first-order valence-corrected chi connectivity index (χ1v) is 17.2. The Hall–Kier alpha value is -4.76. The molecule has 0 radical (unpaired) electrons. The zero-order chi connectivity index (χ0) is 32.4. The minimum atomic E-state index is -0.269. The van der Waals surface area contributed by atoms with Crippen LogP contribution in [0.1, 0.15) is 80.0 Å². The third-order valence-electron chi connectivity index (χ3n) is 11.2. The van der Waals surface area contributed by atoms with Crippen LogP contribution in [0.2, 0.25) is 5.15 Å². The molecule has 6 aliphatic rings. The Labute approximate surface area is 280 Å². The van der Waals surface area contributed by atoms with Crippen LogP contribution >= 0.6 is 11.6 Å². The fourth-order valence-electron chi connectivity index (χ4n) is 8.37. The second-order valence-corrected chi connectivity index (χ2v) is 14.8. The Balaban J connectivity index is 0.000000127. The molecule has 48 heavy (non-hydrogen) atoms. The molecule has 5 aromatic rings. The van der Waals surface area contributed by atoms with Gasteiger partial charge in [-0.1, -0.05) is 23.7 Å². The molecule has 4 N–H and O–H groups in total. The number of amides is 2. The number of nitrogens with one attached hydrogen (secondary N) is 4. The van der Waals surface area contributed by atoms with Crippen LogP contribution in [0, 0.1) is 5.82 Å². The highest BCUT2D eigenvalue weighted by molar-refractivity contribution is 6.29. The fraction of sp³-hybridized carbons (Fsp3) is 0.316. The molecule has 1 aromatic carbocycles. The van der Waals surface area contributed by atoms with Gasteiger partial charge in [-0.15, -0.1) is 0 Å². The van der Waals surface area contributed by atoms with E-state index in [0.29, 0.717) is 5.15 Å². The molecule has 8 nitrogen and oxygen atoms in total. The van der Waals surface area contributed by atoms with Crippen LogP contribution in [0.15, 0.2) is 48.8 Å². The number of fused-ring (bicyclic) bond motifs is 10. The number of hydrogen-bond acceptors (Lipinski definition) is 4. The maximum Gasteiger partial charge on any atom is 0.253 e. The van der Waals surface area contributed by atoms with Gasteiger partial charge in [0, 0.05) is 64.4 Å². The van der Waals surface area contributed by atoms with Gasteiger partial charge in [-0.25, -0.2) is 9.37 Å². The van der Waals surface area contributed by atoms with Crippen molar-refractivity contribution in [2.75, 3.05) is 0 Å². The van der Waals surface area contributed by atoms with Gasteiger partial charge >= 0.3 is 0 Å². The molecule has 11 rings (SSSR count). The van der Waals surface area contributed by atoms with Gasteiger partial charge in [0.05, 0.1) is 28.2 Å². The first kappa shape index (κ1) is 28.3. The third kappa shape index (κ3) is 4.40. The molecule has 2 aliphatic heterocycles. The molecule has 4 aliphatic carbocycles. The Morgan fingerprint density at radius 1 is 0.708 bits per heavy atom. The summed E-state index contributed by atoms with van der Waals surface area (Å²) in [6.07, 6.45) is 13.4. The molecule has 6 heterocycles. The highest BCUT2D eigenvalue weighted by Crippen LogP contribution is 2.47. The number of nitrogens with zero attached hydrogens (tertiary/aromatic N) is 2. The van der Waals surface area contributed by atoms with Crippen LogP contribution in [0.4, 0.5) is 4.39 Å². The van der Waals surface area contributed by atoms with Crippen molar-refractivity contribution in [3.8, 4) is 33.8 Å². The van der Waals surface area contributed by atoms with Gasteiger partial charge in [-0.2, -0.15) is 0 Å². The monoisotopic (exact) mass is 658 g/mol. The van der Waals surface area contributed by atoms with Crippen LogP contribution in [0.25, 0.3) is 33.8 Å². The van der Waals surface area contributed by atoms with Crippen molar-refractivity contribution in [3.05, 3.63) is 105 Å². The van der Waals surface area contributed by atoms with Crippen LogP contribution < -0.4 is 10.6 Å². The maximum atomic E-state index is 13.6. The molecule has 2 amide bonds. The molecule has 2 fully saturated rings. The Kier molecular flexibility index (Phi) is 5.82. The number of benzene rings is 1. The van der Waals surface area contributed by atoms with Gasteiger partial charge in [-0.05, 0) is 97.9 Å². The standard InChI is InChI=1S/C22H18FN3O.C16H14ClN3O/c23-14-3-1-2-12(8-14)17-9-16-13(11-24-17)4-5-15-19-18(25-20(15)16)10-22(6-7-22)26-21(19)27;17-12-5-10-8(7-18-12)1-2-9-13-11(19-14(9)10)6-16(3-4-16)20-15(13)21/h1-3,8-9,11,25H,4-7,10H2,(H,26,27);5,7,19H,1-4,6H2,(H,20,21). The Morgan fingerprint density at radius 2 is 1.27 bits per heavy atom. The van der Waals surface area contributed by atoms with Crippen molar-refractivity contribution < 1.29 is 14.0 Å². The number of H-pyrrole nitrogens is 2. The van der Waals surface area contributed by atoms with Crippen molar-refractivity contribution in [2.24, 2.45) is 0 Å². The zero-order valence-electron chi connectivity index (χ0n) is 26.2. The number of rotatable bonds is 1. The number of hydrogen-bond donors (Lipinski definition) is 4. The molecule has 10 heteroatoms. The van der Waals surface area contributed by atoms with Crippen molar-refractivity contribution in [3.63, 3.8) is 0 Å². The number of carbonyl (C=O) groups is 2. The zero-order valence-corrected chi connectivity index (χ0v) is 26.9. The average molecular weight is 659 g/mol. The molecule has 2 spiro atoms. The lowest BCUT2D eigenvalue weighted by Gasteiger charge is -2.24. The Bertz CT molecular complexity index is 2240. The first-order chi connectivity index (χ1) is 23.3. The van der Waals surface area contributed by atoms with Gasteiger partial charge in [0.1, 0.15) is 11.0 Å². The largest absolute Gasteiger partial charge is 0.357 e. The average Bonchev–Trinajstić information content (AvgIpc) is 3.91. The highest BCUT2D eigenvalue weighted by atomic mass is 35.5. The molecule has 0 atom stereocenters. The van der Waals surface area contributed by atoms with E-state index in [1.165, 1.54) is 23.3 Å². The summed E-state index contributed by atoms with van der Waals surface area (Å²) in [5.41, 5.74) is 14.3. The number of pyridine rings is 2. The smallest absolute Gasteiger partial charge is 0.253 e. The fourth-order valence-corrected chi connectivity index (χ4v) is 8.53. The second kappa shape index (κ2) is 9.89. The lowest BCUT2D eigenvalue weighted by molar-refractivity contribution is 0.0908. The van der Waals surface area contributed by atoms with E-state index in [1.807, 2.05) is 30.6 Å². The summed E-state index contributed by atoms with van der Waals surface area (Å²) in [6, 6.07) is 10.4. The number of carbonyl (C=O) groups excluding carboxylic acids is 2.